The second-order valence-electron chi connectivity index (χ2n) is 8.03. The molecule has 2 N–H and O–H groups in total. The van der Waals surface area contributed by atoms with Crippen LogP contribution < -0.4 is 4.90 Å². The number of fused-ring (bicyclic) bond motifs is 4. The molecule has 1 aliphatic heterocycles. The van der Waals surface area contributed by atoms with E-state index in [4.69, 9.17) is 5.10 Å². The molecule has 1 aliphatic carbocycles. The lowest BCUT2D eigenvalue weighted by Crippen LogP contribution is -2.46. The summed E-state index contributed by atoms with van der Waals surface area (Å²) in [5, 5.41) is 9.29. The first-order chi connectivity index (χ1) is 14.4. The van der Waals surface area contributed by atoms with Gasteiger partial charge in [-0.05, 0) is 36.1 Å². The molecule has 146 valence electrons. The summed E-state index contributed by atoms with van der Waals surface area (Å²) in [6.45, 7) is 5.08. The zero-order valence-corrected chi connectivity index (χ0v) is 16.4. The topological polar surface area (TPSA) is 63.8 Å². The summed E-state index contributed by atoms with van der Waals surface area (Å²) >= 11 is 0. The van der Waals surface area contributed by atoms with Crippen LogP contribution in [0.25, 0.3) is 22.3 Å². The number of nitrogens with zero attached hydrogens (tertiary/aromatic N) is 4. The van der Waals surface area contributed by atoms with Crippen LogP contribution in [0.3, 0.4) is 0 Å². The van der Waals surface area contributed by atoms with Crippen molar-refractivity contribution in [2.24, 2.45) is 0 Å². The normalized spacial score (nSPS) is 16.8. The van der Waals surface area contributed by atoms with Gasteiger partial charge in [-0.3, -0.25) is 10.00 Å². The largest absolute Gasteiger partial charge is 0.352 e. The molecule has 1 aromatic carbocycles. The Morgan fingerprint density at radius 3 is 2.79 bits per heavy atom. The molecular weight excluding hydrogens is 360 g/mol. The average molecular weight is 384 g/mol. The maximum Gasteiger partial charge on any atom is 0.154 e. The molecule has 0 bridgehead atoms. The number of piperazine rings is 1. The number of H-pyrrole nitrogens is 2. The predicted octanol–water partition coefficient (Wildman–Crippen LogP) is 3.37. The van der Waals surface area contributed by atoms with E-state index in [9.17, 15) is 0 Å². The van der Waals surface area contributed by atoms with Gasteiger partial charge in [0.05, 0.1) is 5.69 Å². The first-order valence-electron chi connectivity index (χ1n) is 10.4. The fourth-order valence-electron chi connectivity index (χ4n) is 4.82. The van der Waals surface area contributed by atoms with Crippen LogP contribution in [0.5, 0.6) is 0 Å². The molecule has 4 aromatic rings. The number of anilines is 1. The summed E-state index contributed by atoms with van der Waals surface area (Å²) in [4.78, 5) is 12.7. The zero-order valence-electron chi connectivity index (χ0n) is 16.4. The van der Waals surface area contributed by atoms with Gasteiger partial charge in [0.1, 0.15) is 5.65 Å². The van der Waals surface area contributed by atoms with Crippen molar-refractivity contribution in [1.29, 1.82) is 0 Å². The SMILES string of the molecule is c1ccc2c(c1)CCc1c(N3CCN(Cc4c[nH]c5ncccc45)CC3)n[nH]c1-2. The lowest BCUT2D eigenvalue weighted by molar-refractivity contribution is 0.250. The van der Waals surface area contributed by atoms with E-state index in [1.807, 2.05) is 12.3 Å². The molecule has 4 heterocycles. The predicted molar refractivity (Wildman–Crippen MR) is 115 cm³/mol. The highest BCUT2D eigenvalue weighted by atomic mass is 15.3. The van der Waals surface area contributed by atoms with Crippen molar-refractivity contribution in [2.45, 2.75) is 19.4 Å². The molecule has 29 heavy (non-hydrogen) atoms. The summed E-state index contributed by atoms with van der Waals surface area (Å²) in [6.07, 6.45) is 6.11. The van der Waals surface area contributed by atoms with E-state index in [0.717, 1.165) is 57.0 Å². The van der Waals surface area contributed by atoms with E-state index < -0.39 is 0 Å². The molecule has 3 aromatic heterocycles. The Bertz CT molecular complexity index is 1170. The number of pyridine rings is 1. The van der Waals surface area contributed by atoms with E-state index in [1.54, 1.807) is 0 Å². The smallest absolute Gasteiger partial charge is 0.154 e. The van der Waals surface area contributed by atoms with Gasteiger partial charge in [0, 0.05) is 61.6 Å². The first-order valence-corrected chi connectivity index (χ1v) is 10.4. The molecule has 1 saturated heterocycles. The third-order valence-corrected chi connectivity index (χ3v) is 6.38. The molecule has 2 aliphatic rings. The number of aromatic amines is 2. The Balaban J connectivity index is 1.18. The van der Waals surface area contributed by atoms with Crippen LogP contribution in [-0.4, -0.2) is 51.2 Å². The van der Waals surface area contributed by atoms with E-state index in [2.05, 4.69) is 61.4 Å². The summed E-state index contributed by atoms with van der Waals surface area (Å²) in [5.74, 6) is 1.16. The molecule has 0 saturated carbocycles. The Morgan fingerprint density at radius 2 is 1.86 bits per heavy atom. The van der Waals surface area contributed by atoms with Crippen molar-refractivity contribution >= 4 is 16.9 Å². The van der Waals surface area contributed by atoms with E-state index in [-0.39, 0.29) is 0 Å². The zero-order chi connectivity index (χ0) is 19.2. The van der Waals surface area contributed by atoms with Crippen molar-refractivity contribution in [1.82, 2.24) is 25.1 Å². The van der Waals surface area contributed by atoms with Gasteiger partial charge >= 0.3 is 0 Å². The number of rotatable bonds is 3. The van der Waals surface area contributed by atoms with Gasteiger partial charge in [-0.1, -0.05) is 24.3 Å². The van der Waals surface area contributed by atoms with Crippen LogP contribution in [0, 0.1) is 0 Å². The summed E-state index contributed by atoms with van der Waals surface area (Å²) in [5.41, 5.74) is 7.66. The third-order valence-electron chi connectivity index (χ3n) is 6.38. The van der Waals surface area contributed by atoms with Crippen LogP contribution in [0.2, 0.25) is 0 Å². The van der Waals surface area contributed by atoms with Crippen molar-refractivity contribution in [3.8, 4) is 11.3 Å². The molecular formula is C23H24N6. The van der Waals surface area contributed by atoms with Crippen LogP contribution >= 0.6 is 0 Å². The molecule has 0 amide bonds. The molecule has 0 spiro atoms. The van der Waals surface area contributed by atoms with Crippen molar-refractivity contribution < 1.29 is 0 Å². The first kappa shape index (κ1) is 16.8. The monoisotopic (exact) mass is 384 g/mol. The number of hydrogen-bond donors (Lipinski definition) is 2. The fraction of sp³-hybridized carbons (Fsp3) is 0.304. The summed E-state index contributed by atoms with van der Waals surface area (Å²) < 4.78 is 0. The van der Waals surface area contributed by atoms with Gasteiger partial charge in [0.15, 0.2) is 5.82 Å². The molecule has 6 rings (SSSR count). The maximum absolute atomic E-state index is 4.73. The van der Waals surface area contributed by atoms with Gasteiger partial charge in [-0.25, -0.2) is 4.98 Å². The lowest BCUT2D eigenvalue weighted by Gasteiger charge is -2.35. The van der Waals surface area contributed by atoms with Gasteiger partial charge in [0.25, 0.3) is 0 Å². The quantitative estimate of drug-likeness (QED) is 0.568. The highest BCUT2D eigenvalue weighted by molar-refractivity contribution is 5.79. The fourth-order valence-corrected chi connectivity index (χ4v) is 4.82. The Morgan fingerprint density at radius 1 is 0.966 bits per heavy atom. The minimum Gasteiger partial charge on any atom is -0.352 e. The van der Waals surface area contributed by atoms with Gasteiger partial charge in [-0.15, -0.1) is 0 Å². The number of hydrogen-bond acceptors (Lipinski definition) is 4. The van der Waals surface area contributed by atoms with Gasteiger partial charge < -0.3 is 9.88 Å². The number of nitrogens with one attached hydrogen (secondary N) is 2. The number of benzene rings is 1. The van der Waals surface area contributed by atoms with E-state index in [0.29, 0.717) is 0 Å². The second kappa shape index (κ2) is 6.74. The molecule has 6 nitrogen and oxygen atoms in total. The minimum atomic E-state index is 0.964. The Labute approximate surface area is 169 Å². The molecule has 6 heteroatoms. The summed E-state index contributed by atoms with van der Waals surface area (Å²) in [6, 6.07) is 12.9. The van der Waals surface area contributed by atoms with Gasteiger partial charge in [-0.2, -0.15) is 5.10 Å². The van der Waals surface area contributed by atoms with Crippen LogP contribution in [0.4, 0.5) is 5.82 Å². The highest BCUT2D eigenvalue weighted by Gasteiger charge is 2.27. The average Bonchev–Trinajstić information content (AvgIpc) is 3.39. The summed E-state index contributed by atoms with van der Waals surface area (Å²) in [7, 11) is 0. The van der Waals surface area contributed by atoms with E-state index in [1.165, 1.54) is 33.3 Å². The van der Waals surface area contributed by atoms with Crippen LogP contribution in [-0.2, 0) is 19.4 Å². The van der Waals surface area contributed by atoms with Crippen molar-refractivity contribution in [3.63, 3.8) is 0 Å². The standard InChI is InChI=1S/C23H24N6/c1-2-5-18-16(4-1)7-8-20-21(18)26-27-23(20)29-12-10-28(11-13-29)15-17-14-25-22-19(17)6-3-9-24-22/h1-6,9,14H,7-8,10-13,15H2,(H,24,25)(H,26,27). The second-order valence-corrected chi connectivity index (χ2v) is 8.03. The number of aromatic nitrogens is 4. The lowest BCUT2D eigenvalue weighted by atomic mass is 9.90. The Hall–Kier alpha value is -3.12. The molecule has 0 unspecified atom stereocenters. The van der Waals surface area contributed by atoms with Gasteiger partial charge in [0.2, 0.25) is 0 Å². The van der Waals surface area contributed by atoms with Crippen molar-refractivity contribution in [3.05, 3.63) is 65.5 Å². The third kappa shape index (κ3) is 2.83. The maximum atomic E-state index is 4.73. The molecule has 1 fully saturated rings. The molecule has 0 atom stereocenters. The highest BCUT2D eigenvalue weighted by Crippen LogP contribution is 2.36. The van der Waals surface area contributed by atoms with Crippen LogP contribution in [0.15, 0.2) is 48.8 Å². The van der Waals surface area contributed by atoms with Crippen LogP contribution in [0.1, 0.15) is 16.7 Å². The number of aryl methyl sites for hydroxylation is 1. The van der Waals surface area contributed by atoms with Crippen molar-refractivity contribution in [2.75, 3.05) is 31.1 Å². The minimum absolute atomic E-state index is 0.964. The Kier molecular flexibility index (Phi) is 3.90. The van der Waals surface area contributed by atoms with E-state index >= 15 is 0 Å². The molecule has 0 radical (unpaired) electrons.